The molecule has 110 valence electrons. The van der Waals surface area contributed by atoms with E-state index in [9.17, 15) is 0 Å². The van der Waals surface area contributed by atoms with Gasteiger partial charge in [-0.2, -0.15) is 0 Å². The molecule has 0 unspecified atom stereocenters. The molecule has 0 radical (unpaired) electrons. The normalized spacial score (nSPS) is 11.4. The summed E-state index contributed by atoms with van der Waals surface area (Å²) in [5, 5.41) is 0. The summed E-state index contributed by atoms with van der Waals surface area (Å²) in [7, 11) is 1.66. The highest BCUT2D eigenvalue weighted by atomic mass is 35.5. The van der Waals surface area contributed by atoms with Gasteiger partial charge >= 0.3 is 0 Å². The molecule has 1 aromatic heterocycles. The molecule has 1 aromatic carbocycles. The lowest BCUT2D eigenvalue weighted by Gasteiger charge is -2.10. The van der Waals surface area contributed by atoms with Crippen LogP contribution in [0.25, 0.3) is 11.0 Å². The van der Waals surface area contributed by atoms with E-state index < -0.39 is 0 Å². The Labute approximate surface area is 124 Å². The Hall–Kier alpha value is -1.26. The number of benzene rings is 1. The van der Waals surface area contributed by atoms with Gasteiger partial charge in [0.25, 0.3) is 0 Å². The summed E-state index contributed by atoms with van der Waals surface area (Å²) in [6.45, 7) is 6.46. The Morgan fingerprint density at radius 1 is 1.35 bits per heavy atom. The SMILES string of the molecule is COc1ccc2nc(CCl)n(CCOCC(C)C)c2c1. The fraction of sp³-hybridized carbons (Fsp3) is 0.533. The Balaban J connectivity index is 2.20. The molecule has 0 spiro atoms. The van der Waals surface area contributed by atoms with Gasteiger partial charge in [-0.1, -0.05) is 13.8 Å². The van der Waals surface area contributed by atoms with Crippen molar-refractivity contribution in [2.24, 2.45) is 5.92 Å². The quantitative estimate of drug-likeness (QED) is 0.580. The Kier molecular flexibility index (Phi) is 5.26. The highest BCUT2D eigenvalue weighted by Crippen LogP contribution is 2.22. The van der Waals surface area contributed by atoms with Gasteiger partial charge in [-0.3, -0.25) is 0 Å². The van der Waals surface area contributed by atoms with Gasteiger partial charge in [-0.05, 0) is 18.1 Å². The van der Waals surface area contributed by atoms with Gasteiger partial charge in [0.1, 0.15) is 11.6 Å². The molecule has 0 atom stereocenters. The number of fused-ring (bicyclic) bond motifs is 1. The molecule has 0 saturated carbocycles. The van der Waals surface area contributed by atoms with Gasteiger partial charge in [0.15, 0.2) is 0 Å². The van der Waals surface area contributed by atoms with E-state index in [1.54, 1.807) is 7.11 Å². The number of imidazole rings is 1. The second kappa shape index (κ2) is 6.95. The lowest BCUT2D eigenvalue weighted by molar-refractivity contribution is 0.103. The summed E-state index contributed by atoms with van der Waals surface area (Å²) in [4.78, 5) is 4.54. The fourth-order valence-corrected chi connectivity index (χ4v) is 2.31. The van der Waals surface area contributed by atoms with E-state index in [-0.39, 0.29) is 0 Å². The fourth-order valence-electron chi connectivity index (χ4n) is 2.11. The van der Waals surface area contributed by atoms with Crippen molar-refractivity contribution >= 4 is 22.6 Å². The maximum absolute atomic E-state index is 5.99. The van der Waals surface area contributed by atoms with Crippen LogP contribution in [-0.2, 0) is 17.2 Å². The molecule has 0 aliphatic heterocycles. The monoisotopic (exact) mass is 296 g/mol. The molecule has 0 N–H and O–H groups in total. The van der Waals surface area contributed by atoms with E-state index in [0.29, 0.717) is 18.4 Å². The Bertz CT molecular complexity index is 566. The van der Waals surface area contributed by atoms with Crippen LogP contribution >= 0.6 is 11.6 Å². The molecule has 20 heavy (non-hydrogen) atoms. The zero-order valence-corrected chi connectivity index (χ0v) is 13.0. The highest BCUT2D eigenvalue weighted by Gasteiger charge is 2.10. The second-order valence-corrected chi connectivity index (χ2v) is 5.40. The molecule has 0 aliphatic carbocycles. The topological polar surface area (TPSA) is 36.3 Å². The summed E-state index contributed by atoms with van der Waals surface area (Å²) in [5.41, 5.74) is 1.97. The number of ether oxygens (including phenoxy) is 2. The zero-order chi connectivity index (χ0) is 14.5. The van der Waals surface area contributed by atoms with Crippen LogP contribution < -0.4 is 4.74 Å². The van der Waals surface area contributed by atoms with E-state index in [1.807, 2.05) is 18.2 Å². The third-order valence-corrected chi connectivity index (χ3v) is 3.30. The number of alkyl halides is 1. The van der Waals surface area contributed by atoms with E-state index in [4.69, 9.17) is 21.1 Å². The average molecular weight is 297 g/mol. The standard InChI is InChI=1S/C15H21ClN2O2/c1-11(2)10-20-7-6-18-14-8-12(19-3)4-5-13(14)17-15(18)9-16/h4-5,8,11H,6-7,9-10H2,1-3H3. The minimum Gasteiger partial charge on any atom is -0.497 e. The largest absolute Gasteiger partial charge is 0.497 e. The van der Waals surface area contributed by atoms with E-state index >= 15 is 0 Å². The predicted octanol–water partition coefficient (Wildman–Crippen LogP) is 3.46. The Morgan fingerprint density at radius 2 is 2.15 bits per heavy atom. The van der Waals surface area contributed by atoms with Crippen LogP contribution in [0, 0.1) is 5.92 Å². The van der Waals surface area contributed by atoms with Crippen LogP contribution in [0.5, 0.6) is 5.75 Å². The first kappa shape index (κ1) is 15.1. The first-order chi connectivity index (χ1) is 9.65. The van der Waals surface area contributed by atoms with Crippen LogP contribution in [0.3, 0.4) is 0 Å². The second-order valence-electron chi connectivity index (χ2n) is 5.14. The number of nitrogens with zero attached hydrogens (tertiary/aromatic N) is 2. The first-order valence-corrected chi connectivity index (χ1v) is 7.36. The van der Waals surface area contributed by atoms with Crippen molar-refractivity contribution in [2.75, 3.05) is 20.3 Å². The number of hydrogen-bond donors (Lipinski definition) is 0. The predicted molar refractivity (Wildman–Crippen MR) is 81.5 cm³/mol. The van der Waals surface area contributed by atoms with Crippen LogP contribution in [0.2, 0.25) is 0 Å². The number of rotatable bonds is 7. The molecule has 0 saturated heterocycles. The van der Waals surface area contributed by atoms with Crippen LogP contribution in [0.1, 0.15) is 19.7 Å². The summed E-state index contributed by atoms with van der Waals surface area (Å²) in [6, 6.07) is 5.85. The molecule has 0 amide bonds. The molecular weight excluding hydrogens is 276 g/mol. The zero-order valence-electron chi connectivity index (χ0n) is 12.2. The van der Waals surface area contributed by atoms with Gasteiger partial charge in [0.2, 0.25) is 0 Å². The molecule has 5 heteroatoms. The number of aromatic nitrogens is 2. The molecule has 1 heterocycles. The van der Waals surface area contributed by atoms with Crippen molar-refractivity contribution in [2.45, 2.75) is 26.3 Å². The van der Waals surface area contributed by atoms with Gasteiger partial charge < -0.3 is 14.0 Å². The third kappa shape index (κ3) is 3.44. The number of halogens is 1. The van der Waals surface area contributed by atoms with Gasteiger partial charge in [0, 0.05) is 19.2 Å². The third-order valence-electron chi connectivity index (χ3n) is 3.06. The van der Waals surface area contributed by atoms with Crippen molar-refractivity contribution in [1.29, 1.82) is 0 Å². The first-order valence-electron chi connectivity index (χ1n) is 6.82. The van der Waals surface area contributed by atoms with Crippen molar-refractivity contribution < 1.29 is 9.47 Å². The number of methoxy groups -OCH3 is 1. The molecular formula is C15H21ClN2O2. The lowest BCUT2D eigenvalue weighted by atomic mass is 10.2. The molecule has 0 aliphatic rings. The average Bonchev–Trinajstić information content (AvgIpc) is 2.80. The minimum absolute atomic E-state index is 0.390. The number of hydrogen-bond acceptors (Lipinski definition) is 3. The minimum atomic E-state index is 0.390. The molecule has 2 aromatic rings. The highest BCUT2D eigenvalue weighted by molar-refractivity contribution is 6.16. The van der Waals surface area contributed by atoms with Crippen LogP contribution in [0.4, 0.5) is 0 Å². The lowest BCUT2D eigenvalue weighted by Crippen LogP contribution is -2.11. The van der Waals surface area contributed by atoms with Gasteiger partial charge in [0.05, 0.1) is 30.6 Å². The van der Waals surface area contributed by atoms with Crippen molar-refractivity contribution in [3.05, 3.63) is 24.0 Å². The van der Waals surface area contributed by atoms with Crippen molar-refractivity contribution in [3.8, 4) is 5.75 Å². The van der Waals surface area contributed by atoms with Crippen molar-refractivity contribution in [1.82, 2.24) is 9.55 Å². The van der Waals surface area contributed by atoms with E-state index in [1.165, 1.54) is 0 Å². The maximum atomic E-state index is 5.99. The van der Waals surface area contributed by atoms with Crippen LogP contribution in [0.15, 0.2) is 18.2 Å². The van der Waals surface area contributed by atoms with E-state index in [0.717, 1.165) is 35.8 Å². The summed E-state index contributed by atoms with van der Waals surface area (Å²) < 4.78 is 13.0. The summed E-state index contributed by atoms with van der Waals surface area (Å²) in [6.07, 6.45) is 0. The Morgan fingerprint density at radius 3 is 2.80 bits per heavy atom. The van der Waals surface area contributed by atoms with Gasteiger partial charge in [-0.15, -0.1) is 11.6 Å². The van der Waals surface area contributed by atoms with Crippen LogP contribution in [-0.4, -0.2) is 29.9 Å². The summed E-state index contributed by atoms with van der Waals surface area (Å²) in [5.74, 6) is 2.62. The van der Waals surface area contributed by atoms with Gasteiger partial charge in [-0.25, -0.2) is 4.98 Å². The smallest absolute Gasteiger partial charge is 0.124 e. The molecule has 0 bridgehead atoms. The maximum Gasteiger partial charge on any atom is 0.124 e. The summed E-state index contributed by atoms with van der Waals surface area (Å²) >= 11 is 5.99. The van der Waals surface area contributed by atoms with E-state index in [2.05, 4.69) is 23.4 Å². The molecule has 4 nitrogen and oxygen atoms in total. The molecule has 0 fully saturated rings. The molecule has 2 rings (SSSR count). The van der Waals surface area contributed by atoms with Crippen molar-refractivity contribution in [3.63, 3.8) is 0 Å².